The molecule has 8 heteroatoms. The molecule has 146 valence electrons. The number of hydrogen-bond acceptors (Lipinski definition) is 7. The third-order valence-electron chi connectivity index (χ3n) is 4.45. The Kier molecular flexibility index (Phi) is 5.11. The third kappa shape index (κ3) is 4.03. The summed E-state index contributed by atoms with van der Waals surface area (Å²) in [6.07, 6.45) is 0.389. The molecular weight excluding hydrogens is 388 g/mol. The van der Waals surface area contributed by atoms with Crippen LogP contribution in [0, 0.1) is 6.92 Å². The SMILES string of the molecule is Cc1csc2nc(Cc3ccc(NC(=O)c4cccc(NN)c4)cc3)oc(=O)c12. The van der Waals surface area contributed by atoms with Crippen LogP contribution in [0.1, 0.15) is 27.4 Å². The second-order valence-corrected chi connectivity index (χ2v) is 7.40. The maximum atomic E-state index is 12.4. The van der Waals surface area contributed by atoms with Crippen LogP contribution >= 0.6 is 11.3 Å². The number of thiophene rings is 1. The number of benzene rings is 2. The lowest BCUT2D eigenvalue weighted by molar-refractivity contribution is 0.102. The number of rotatable bonds is 5. The summed E-state index contributed by atoms with van der Waals surface area (Å²) in [7, 11) is 0. The summed E-state index contributed by atoms with van der Waals surface area (Å²) < 4.78 is 5.36. The fraction of sp³-hybridized carbons (Fsp3) is 0.0952. The number of anilines is 2. The Labute approximate surface area is 170 Å². The highest BCUT2D eigenvalue weighted by Crippen LogP contribution is 2.21. The van der Waals surface area contributed by atoms with E-state index in [9.17, 15) is 9.59 Å². The normalized spacial score (nSPS) is 10.8. The van der Waals surface area contributed by atoms with Gasteiger partial charge in [-0.15, -0.1) is 11.3 Å². The molecule has 1 amide bonds. The molecule has 0 aliphatic carbocycles. The predicted octanol–water partition coefficient (Wildman–Crippen LogP) is 3.69. The zero-order valence-electron chi connectivity index (χ0n) is 15.6. The lowest BCUT2D eigenvalue weighted by Crippen LogP contribution is -2.13. The smallest absolute Gasteiger partial charge is 0.348 e. The number of nitrogens with two attached hydrogens (primary N) is 1. The van der Waals surface area contributed by atoms with Gasteiger partial charge in [-0.25, -0.2) is 9.78 Å². The Hall–Kier alpha value is -3.49. The Morgan fingerprint density at radius 1 is 1.17 bits per heavy atom. The van der Waals surface area contributed by atoms with E-state index in [1.54, 1.807) is 36.4 Å². The summed E-state index contributed by atoms with van der Waals surface area (Å²) in [5, 5.41) is 5.29. The molecule has 2 heterocycles. The van der Waals surface area contributed by atoms with Crippen LogP contribution in [0.15, 0.2) is 63.1 Å². The van der Waals surface area contributed by atoms with E-state index in [0.29, 0.717) is 39.5 Å². The molecule has 0 fully saturated rings. The number of nitrogens with one attached hydrogen (secondary N) is 2. The Morgan fingerprint density at radius 2 is 1.97 bits per heavy atom. The number of fused-ring (bicyclic) bond motifs is 1. The maximum absolute atomic E-state index is 12.4. The van der Waals surface area contributed by atoms with Gasteiger partial charge in [-0.05, 0) is 53.8 Å². The van der Waals surface area contributed by atoms with E-state index in [1.165, 1.54) is 11.3 Å². The molecule has 4 N–H and O–H groups in total. The molecule has 0 spiro atoms. The Balaban J connectivity index is 1.48. The number of hydrogen-bond donors (Lipinski definition) is 3. The van der Waals surface area contributed by atoms with Crippen LogP contribution in [0.25, 0.3) is 10.2 Å². The van der Waals surface area contributed by atoms with Crippen molar-refractivity contribution in [3.8, 4) is 0 Å². The van der Waals surface area contributed by atoms with Crippen molar-refractivity contribution in [1.82, 2.24) is 4.98 Å². The van der Waals surface area contributed by atoms with Crippen LogP contribution in [0.5, 0.6) is 0 Å². The van der Waals surface area contributed by atoms with E-state index >= 15 is 0 Å². The summed E-state index contributed by atoms with van der Waals surface area (Å²) in [4.78, 5) is 29.7. The first-order valence-electron chi connectivity index (χ1n) is 8.88. The number of carbonyl (C=O) groups is 1. The minimum absolute atomic E-state index is 0.235. The van der Waals surface area contributed by atoms with Crippen molar-refractivity contribution in [2.24, 2.45) is 5.84 Å². The number of aromatic nitrogens is 1. The van der Waals surface area contributed by atoms with Gasteiger partial charge >= 0.3 is 5.63 Å². The lowest BCUT2D eigenvalue weighted by Gasteiger charge is -2.08. The van der Waals surface area contributed by atoms with Gasteiger partial charge in [0.05, 0.1) is 5.39 Å². The van der Waals surface area contributed by atoms with Gasteiger partial charge in [-0.3, -0.25) is 10.6 Å². The van der Waals surface area contributed by atoms with Gasteiger partial charge in [0.1, 0.15) is 4.83 Å². The molecule has 0 radical (unpaired) electrons. The first-order chi connectivity index (χ1) is 14.0. The summed E-state index contributed by atoms with van der Waals surface area (Å²) in [5.41, 5.74) is 5.76. The van der Waals surface area contributed by atoms with Crippen LogP contribution in [0.4, 0.5) is 11.4 Å². The molecular formula is C21H18N4O3S. The lowest BCUT2D eigenvalue weighted by atomic mass is 10.1. The van der Waals surface area contributed by atoms with Crippen LogP contribution in [-0.4, -0.2) is 10.9 Å². The predicted molar refractivity (Wildman–Crippen MR) is 114 cm³/mol. The fourth-order valence-electron chi connectivity index (χ4n) is 2.97. The van der Waals surface area contributed by atoms with Crippen molar-refractivity contribution in [3.63, 3.8) is 0 Å². The molecule has 0 bridgehead atoms. The highest BCUT2D eigenvalue weighted by atomic mass is 32.1. The van der Waals surface area contributed by atoms with Gasteiger partial charge in [0.25, 0.3) is 5.91 Å². The summed E-state index contributed by atoms with van der Waals surface area (Å²) in [5.74, 6) is 5.51. The molecule has 4 rings (SSSR count). The topological polar surface area (TPSA) is 110 Å². The van der Waals surface area contributed by atoms with Crippen molar-refractivity contribution in [3.05, 3.63) is 86.9 Å². The minimum atomic E-state index is -0.359. The van der Waals surface area contributed by atoms with Crippen molar-refractivity contribution in [2.45, 2.75) is 13.3 Å². The minimum Gasteiger partial charge on any atom is -0.407 e. The average Bonchev–Trinajstić information content (AvgIpc) is 3.10. The highest BCUT2D eigenvalue weighted by Gasteiger charge is 2.12. The van der Waals surface area contributed by atoms with Gasteiger partial charge in [0.2, 0.25) is 5.89 Å². The molecule has 29 heavy (non-hydrogen) atoms. The van der Waals surface area contributed by atoms with Crippen LogP contribution in [0.2, 0.25) is 0 Å². The monoisotopic (exact) mass is 406 g/mol. The number of carbonyl (C=O) groups excluding carboxylic acids is 1. The first-order valence-corrected chi connectivity index (χ1v) is 9.76. The van der Waals surface area contributed by atoms with Crippen LogP contribution in [0.3, 0.4) is 0 Å². The van der Waals surface area contributed by atoms with Crippen molar-refractivity contribution < 1.29 is 9.21 Å². The summed E-state index contributed by atoms with van der Waals surface area (Å²) in [6.45, 7) is 1.87. The van der Waals surface area contributed by atoms with Gasteiger partial charge in [0, 0.05) is 23.4 Å². The standard InChI is InChI=1S/C21H18N4O3S/c1-12-11-29-20-18(12)21(27)28-17(24-20)9-13-5-7-15(8-6-13)23-19(26)14-3-2-4-16(10-14)25-22/h2-8,10-11,25H,9,22H2,1H3,(H,23,26). The molecule has 0 saturated heterocycles. The molecule has 0 saturated carbocycles. The fourth-order valence-corrected chi connectivity index (χ4v) is 3.89. The molecule has 0 aliphatic heterocycles. The van der Waals surface area contributed by atoms with Crippen molar-refractivity contribution >= 4 is 38.8 Å². The number of aryl methyl sites for hydroxylation is 1. The summed E-state index contributed by atoms with van der Waals surface area (Å²) >= 11 is 1.43. The van der Waals surface area contributed by atoms with E-state index in [-0.39, 0.29) is 11.5 Å². The van der Waals surface area contributed by atoms with Crippen LogP contribution < -0.4 is 22.2 Å². The van der Waals surface area contributed by atoms with Gasteiger partial charge in [-0.2, -0.15) is 0 Å². The quantitative estimate of drug-likeness (QED) is 0.344. The zero-order chi connectivity index (χ0) is 20.4. The number of nitrogen functional groups attached to an aromatic ring is 1. The molecule has 2 aromatic heterocycles. The third-order valence-corrected chi connectivity index (χ3v) is 5.45. The number of nitrogens with zero attached hydrogens (tertiary/aromatic N) is 1. The first kappa shape index (κ1) is 18.9. The van der Waals surface area contributed by atoms with Crippen molar-refractivity contribution in [2.75, 3.05) is 10.7 Å². The van der Waals surface area contributed by atoms with E-state index in [1.807, 2.05) is 24.4 Å². The molecule has 0 aliphatic rings. The largest absolute Gasteiger partial charge is 0.407 e. The van der Waals surface area contributed by atoms with E-state index in [2.05, 4.69) is 15.7 Å². The van der Waals surface area contributed by atoms with Gasteiger partial charge in [-0.1, -0.05) is 18.2 Å². The average molecular weight is 406 g/mol. The second kappa shape index (κ2) is 7.86. The van der Waals surface area contributed by atoms with Crippen LogP contribution in [-0.2, 0) is 6.42 Å². The van der Waals surface area contributed by atoms with E-state index in [4.69, 9.17) is 10.3 Å². The number of hydrazine groups is 1. The molecule has 0 atom stereocenters. The summed E-state index contributed by atoms with van der Waals surface area (Å²) in [6, 6.07) is 14.2. The highest BCUT2D eigenvalue weighted by molar-refractivity contribution is 7.16. The van der Waals surface area contributed by atoms with Gasteiger partial charge in [0.15, 0.2) is 0 Å². The number of amides is 1. The van der Waals surface area contributed by atoms with Crippen molar-refractivity contribution in [1.29, 1.82) is 0 Å². The molecule has 2 aromatic carbocycles. The zero-order valence-corrected chi connectivity index (χ0v) is 16.4. The second-order valence-electron chi connectivity index (χ2n) is 6.55. The molecule has 7 nitrogen and oxygen atoms in total. The molecule has 0 unspecified atom stereocenters. The Morgan fingerprint density at radius 3 is 2.72 bits per heavy atom. The van der Waals surface area contributed by atoms with Gasteiger partial charge < -0.3 is 15.2 Å². The maximum Gasteiger partial charge on any atom is 0.348 e. The Bertz CT molecular complexity index is 1250. The molecule has 4 aromatic rings. The van der Waals surface area contributed by atoms with E-state index < -0.39 is 0 Å². The van der Waals surface area contributed by atoms with E-state index in [0.717, 1.165) is 11.1 Å².